The highest BCUT2D eigenvalue weighted by molar-refractivity contribution is 6.41. The number of carbonyl (C=O) groups is 1. The van der Waals surface area contributed by atoms with E-state index in [0.29, 0.717) is 6.42 Å². The molecule has 0 unspecified atom stereocenters. The van der Waals surface area contributed by atoms with Gasteiger partial charge in [-0.3, -0.25) is 9.59 Å². The molecule has 3 aromatic rings. The largest absolute Gasteiger partial charge is 0.347 e. The van der Waals surface area contributed by atoms with Gasteiger partial charge in [0.1, 0.15) is 11.6 Å². The van der Waals surface area contributed by atoms with E-state index in [0.717, 1.165) is 15.8 Å². The Balaban J connectivity index is 1.78. The number of nitrogens with one attached hydrogen (secondary N) is 1. The summed E-state index contributed by atoms with van der Waals surface area (Å²) in [7, 11) is 0. The van der Waals surface area contributed by atoms with Gasteiger partial charge in [0, 0.05) is 0 Å². The van der Waals surface area contributed by atoms with Gasteiger partial charge in [0.05, 0.1) is 17.3 Å². The molecule has 0 fully saturated rings. The SMILES string of the molecule is O=C(Cn1ncc(Cl)c(Cl)c1=O)N[C@H](Cc1ccccc1)c1ccccc1. The molecule has 0 saturated heterocycles. The van der Waals surface area contributed by atoms with E-state index in [4.69, 9.17) is 23.2 Å². The molecule has 7 heteroatoms. The molecule has 5 nitrogen and oxygen atoms in total. The third kappa shape index (κ3) is 4.96. The maximum absolute atomic E-state index is 12.5. The van der Waals surface area contributed by atoms with Crippen LogP contribution in [-0.4, -0.2) is 15.7 Å². The molecular formula is C20H17Cl2N3O2. The van der Waals surface area contributed by atoms with Crippen molar-refractivity contribution in [2.45, 2.75) is 19.0 Å². The van der Waals surface area contributed by atoms with Crippen LogP contribution in [0.15, 0.2) is 71.7 Å². The third-order valence-corrected chi connectivity index (χ3v) is 4.80. The van der Waals surface area contributed by atoms with E-state index < -0.39 is 5.56 Å². The van der Waals surface area contributed by atoms with Crippen LogP contribution in [0.25, 0.3) is 0 Å². The van der Waals surface area contributed by atoms with Crippen LogP contribution in [0.3, 0.4) is 0 Å². The fourth-order valence-electron chi connectivity index (χ4n) is 2.72. The Bertz CT molecular complexity index is 976. The summed E-state index contributed by atoms with van der Waals surface area (Å²) in [6, 6.07) is 19.3. The average molecular weight is 402 g/mol. The summed E-state index contributed by atoms with van der Waals surface area (Å²) in [5.41, 5.74) is 1.47. The predicted molar refractivity (Wildman–Crippen MR) is 106 cm³/mol. The van der Waals surface area contributed by atoms with Crippen molar-refractivity contribution in [2.75, 3.05) is 0 Å². The maximum Gasteiger partial charge on any atom is 0.287 e. The molecule has 1 atom stereocenters. The fraction of sp³-hybridized carbons (Fsp3) is 0.150. The van der Waals surface area contributed by atoms with Crippen LogP contribution in [0.1, 0.15) is 17.2 Å². The average Bonchev–Trinajstić information content (AvgIpc) is 2.69. The van der Waals surface area contributed by atoms with Gasteiger partial charge < -0.3 is 5.32 Å². The van der Waals surface area contributed by atoms with Crippen molar-refractivity contribution in [3.63, 3.8) is 0 Å². The number of hydrogen-bond donors (Lipinski definition) is 1. The summed E-state index contributed by atoms with van der Waals surface area (Å²) in [4.78, 5) is 24.6. The zero-order valence-electron chi connectivity index (χ0n) is 14.3. The molecule has 0 bridgehead atoms. The first-order chi connectivity index (χ1) is 13.0. The summed E-state index contributed by atoms with van der Waals surface area (Å²) in [6.07, 6.45) is 1.87. The van der Waals surface area contributed by atoms with Crippen LogP contribution in [0.5, 0.6) is 0 Å². The third-order valence-electron chi connectivity index (χ3n) is 4.06. The van der Waals surface area contributed by atoms with Crippen LogP contribution in [-0.2, 0) is 17.8 Å². The highest BCUT2D eigenvalue weighted by Gasteiger charge is 2.17. The van der Waals surface area contributed by atoms with Gasteiger partial charge in [-0.25, -0.2) is 4.68 Å². The van der Waals surface area contributed by atoms with Gasteiger partial charge in [0.2, 0.25) is 5.91 Å². The molecule has 1 amide bonds. The van der Waals surface area contributed by atoms with Crippen molar-refractivity contribution in [2.24, 2.45) is 0 Å². The molecule has 1 N–H and O–H groups in total. The molecule has 0 saturated carbocycles. The lowest BCUT2D eigenvalue weighted by Crippen LogP contribution is -2.36. The number of rotatable bonds is 6. The van der Waals surface area contributed by atoms with E-state index in [1.54, 1.807) is 0 Å². The molecule has 27 heavy (non-hydrogen) atoms. The minimum Gasteiger partial charge on any atom is -0.347 e. The fourth-order valence-corrected chi connectivity index (χ4v) is 2.99. The lowest BCUT2D eigenvalue weighted by molar-refractivity contribution is -0.122. The van der Waals surface area contributed by atoms with E-state index in [1.807, 2.05) is 60.7 Å². The van der Waals surface area contributed by atoms with Crippen LogP contribution in [0.4, 0.5) is 0 Å². The van der Waals surface area contributed by atoms with Crippen LogP contribution in [0, 0.1) is 0 Å². The molecule has 0 radical (unpaired) electrons. The molecular weight excluding hydrogens is 385 g/mol. The summed E-state index contributed by atoms with van der Waals surface area (Å²) >= 11 is 11.6. The van der Waals surface area contributed by atoms with Gasteiger partial charge in [-0.15, -0.1) is 0 Å². The first-order valence-corrected chi connectivity index (χ1v) is 9.09. The quantitative estimate of drug-likeness (QED) is 0.685. The van der Waals surface area contributed by atoms with Crippen molar-refractivity contribution in [3.8, 4) is 0 Å². The van der Waals surface area contributed by atoms with Crippen molar-refractivity contribution in [1.82, 2.24) is 15.1 Å². The van der Waals surface area contributed by atoms with Crippen LogP contribution < -0.4 is 10.9 Å². The molecule has 0 aliphatic heterocycles. The summed E-state index contributed by atoms with van der Waals surface area (Å²) in [5, 5.41) is 6.76. The van der Waals surface area contributed by atoms with Crippen LogP contribution >= 0.6 is 23.2 Å². The maximum atomic E-state index is 12.5. The van der Waals surface area contributed by atoms with Gasteiger partial charge in [-0.05, 0) is 17.5 Å². The van der Waals surface area contributed by atoms with Crippen molar-refractivity contribution < 1.29 is 4.79 Å². The minimum absolute atomic E-state index is 0.0598. The Morgan fingerprint density at radius 1 is 1.04 bits per heavy atom. The lowest BCUT2D eigenvalue weighted by atomic mass is 9.99. The van der Waals surface area contributed by atoms with Gasteiger partial charge in [0.15, 0.2) is 0 Å². The second-order valence-corrected chi connectivity index (χ2v) is 6.77. The lowest BCUT2D eigenvalue weighted by Gasteiger charge is -2.20. The molecule has 3 rings (SSSR count). The van der Waals surface area contributed by atoms with Crippen molar-refractivity contribution in [1.29, 1.82) is 0 Å². The number of hydrogen-bond acceptors (Lipinski definition) is 3. The standard InChI is InChI=1S/C20H17Cl2N3O2/c21-16-12-23-25(20(27)19(16)22)13-18(26)24-17(15-9-5-2-6-10-15)11-14-7-3-1-4-8-14/h1-10,12,17H,11,13H2,(H,24,26)/t17-/m1/s1. The monoisotopic (exact) mass is 401 g/mol. The highest BCUT2D eigenvalue weighted by Crippen LogP contribution is 2.18. The number of carbonyl (C=O) groups excluding carboxylic acids is 1. The van der Waals surface area contributed by atoms with E-state index in [-0.39, 0.29) is 28.5 Å². The number of aromatic nitrogens is 2. The second kappa shape index (κ2) is 8.84. The smallest absolute Gasteiger partial charge is 0.287 e. The van der Waals surface area contributed by atoms with E-state index in [2.05, 4.69) is 10.4 Å². The Kier molecular flexibility index (Phi) is 6.27. The normalized spacial score (nSPS) is 11.8. The topological polar surface area (TPSA) is 64.0 Å². The number of amides is 1. The van der Waals surface area contributed by atoms with Gasteiger partial charge in [-0.2, -0.15) is 5.10 Å². The molecule has 2 aromatic carbocycles. The second-order valence-electron chi connectivity index (χ2n) is 5.99. The van der Waals surface area contributed by atoms with E-state index >= 15 is 0 Å². The van der Waals surface area contributed by atoms with Gasteiger partial charge in [0.25, 0.3) is 5.56 Å². The Morgan fingerprint density at radius 2 is 1.67 bits per heavy atom. The summed E-state index contributed by atoms with van der Waals surface area (Å²) < 4.78 is 0.994. The summed E-state index contributed by atoms with van der Waals surface area (Å²) in [5.74, 6) is -0.340. The molecule has 1 aromatic heterocycles. The number of benzene rings is 2. The Hall–Kier alpha value is -2.63. The molecule has 0 aliphatic rings. The zero-order chi connectivity index (χ0) is 19.2. The number of nitrogens with zero attached hydrogens (tertiary/aromatic N) is 2. The predicted octanol–water partition coefficient (Wildman–Crippen LogP) is 3.65. The summed E-state index contributed by atoms with van der Waals surface area (Å²) in [6.45, 7) is -0.242. The van der Waals surface area contributed by atoms with Gasteiger partial charge >= 0.3 is 0 Å². The first kappa shape index (κ1) is 19.1. The van der Waals surface area contributed by atoms with Crippen molar-refractivity contribution in [3.05, 3.63) is 98.4 Å². The van der Waals surface area contributed by atoms with E-state index in [1.165, 1.54) is 6.20 Å². The van der Waals surface area contributed by atoms with E-state index in [9.17, 15) is 9.59 Å². The Labute approximate surface area is 166 Å². The zero-order valence-corrected chi connectivity index (χ0v) is 15.8. The minimum atomic E-state index is -0.598. The molecule has 0 spiro atoms. The molecule has 0 aliphatic carbocycles. The van der Waals surface area contributed by atoms with Crippen LogP contribution in [0.2, 0.25) is 10.0 Å². The molecule has 1 heterocycles. The molecule has 138 valence electrons. The highest BCUT2D eigenvalue weighted by atomic mass is 35.5. The number of halogens is 2. The van der Waals surface area contributed by atoms with Crippen molar-refractivity contribution >= 4 is 29.1 Å². The Morgan fingerprint density at radius 3 is 2.33 bits per heavy atom. The first-order valence-electron chi connectivity index (χ1n) is 8.34. The van der Waals surface area contributed by atoms with Gasteiger partial charge in [-0.1, -0.05) is 83.9 Å².